The molecule has 0 amide bonds. The van der Waals surface area contributed by atoms with Crippen LogP contribution in [-0.2, 0) is 16.0 Å². The maximum Gasteiger partial charge on any atom is 0.306 e. The highest BCUT2D eigenvalue weighted by molar-refractivity contribution is 5.72. The molecule has 5 atom stereocenters. The summed E-state index contributed by atoms with van der Waals surface area (Å²) in [5.74, 6) is 0.0863. The van der Waals surface area contributed by atoms with Crippen molar-refractivity contribution in [3.8, 4) is 0 Å². The van der Waals surface area contributed by atoms with Crippen molar-refractivity contribution in [1.29, 1.82) is 0 Å². The van der Waals surface area contributed by atoms with Crippen LogP contribution in [0.4, 0.5) is 0 Å². The normalized spacial score (nSPS) is 31.8. The number of hydrogen-bond acceptors (Lipinski definition) is 4. The second-order valence-electron chi connectivity index (χ2n) is 6.62. The Morgan fingerprint density at radius 3 is 2.77 bits per heavy atom. The number of aliphatic hydroxyl groups excluding tert-OH is 2. The number of aliphatic hydroxyl groups is 2. The van der Waals surface area contributed by atoms with E-state index < -0.39 is 6.10 Å². The maximum absolute atomic E-state index is 11.4. The molecular formula is C18H24O4. The number of hydrogen-bond donors (Lipinski definition) is 2. The Balaban J connectivity index is 1.44. The Morgan fingerprint density at radius 1 is 1.23 bits per heavy atom. The molecule has 1 saturated heterocycles. The maximum atomic E-state index is 11.4. The molecule has 3 rings (SSSR count). The molecule has 4 unspecified atom stereocenters. The van der Waals surface area contributed by atoms with E-state index in [0.29, 0.717) is 19.3 Å². The lowest BCUT2D eigenvalue weighted by Crippen LogP contribution is -2.22. The number of rotatable bonds is 6. The van der Waals surface area contributed by atoms with Crippen molar-refractivity contribution >= 4 is 5.97 Å². The lowest BCUT2D eigenvalue weighted by Gasteiger charge is -2.20. The van der Waals surface area contributed by atoms with Crippen LogP contribution in [0.1, 0.15) is 37.7 Å². The van der Waals surface area contributed by atoms with Gasteiger partial charge in [-0.05, 0) is 37.2 Å². The molecule has 2 N–H and O–H groups in total. The average Bonchev–Trinajstić information content (AvgIpc) is 2.99. The van der Waals surface area contributed by atoms with Crippen molar-refractivity contribution in [1.82, 2.24) is 0 Å². The van der Waals surface area contributed by atoms with Crippen molar-refractivity contribution in [2.45, 2.75) is 56.8 Å². The third-order valence-electron chi connectivity index (χ3n) is 5.12. The molecule has 0 bridgehead atoms. The van der Waals surface area contributed by atoms with Crippen LogP contribution >= 0.6 is 0 Å². The summed E-state index contributed by atoms with van der Waals surface area (Å²) in [6.45, 7) is 0. The lowest BCUT2D eigenvalue weighted by atomic mass is 9.87. The summed E-state index contributed by atoms with van der Waals surface area (Å²) < 4.78 is 5.24. The van der Waals surface area contributed by atoms with Crippen LogP contribution in [0, 0.1) is 11.8 Å². The van der Waals surface area contributed by atoms with E-state index in [0.717, 1.165) is 19.3 Å². The molecule has 120 valence electrons. The third kappa shape index (κ3) is 3.50. The molecule has 1 aliphatic heterocycles. The van der Waals surface area contributed by atoms with Crippen LogP contribution in [0.5, 0.6) is 0 Å². The van der Waals surface area contributed by atoms with E-state index in [1.54, 1.807) is 0 Å². The average molecular weight is 304 g/mol. The van der Waals surface area contributed by atoms with Crippen LogP contribution in [0.2, 0.25) is 0 Å². The standard InChI is InChI=1S/C18H24O4/c19-13(7-6-12-4-2-1-3-5-12)8-9-14-15-10-18(21)22-17(15)11-16(14)20/h1-5,13-17,19-20H,6-11H2/t13-,14?,15?,16?,17?/m0/s1. The highest BCUT2D eigenvalue weighted by atomic mass is 16.6. The molecule has 1 aliphatic carbocycles. The van der Waals surface area contributed by atoms with Gasteiger partial charge in [0.05, 0.1) is 18.6 Å². The number of carbonyl (C=O) groups is 1. The monoisotopic (exact) mass is 304 g/mol. The number of carbonyl (C=O) groups excluding carboxylic acids is 1. The molecule has 4 nitrogen and oxygen atoms in total. The van der Waals surface area contributed by atoms with Gasteiger partial charge in [0.1, 0.15) is 6.10 Å². The molecule has 1 aromatic carbocycles. The highest BCUT2D eigenvalue weighted by Crippen LogP contribution is 2.43. The van der Waals surface area contributed by atoms with E-state index in [-0.39, 0.29) is 30.0 Å². The topological polar surface area (TPSA) is 66.8 Å². The molecule has 1 heterocycles. The van der Waals surface area contributed by atoms with Gasteiger partial charge in [0.25, 0.3) is 0 Å². The minimum absolute atomic E-state index is 0.0859. The van der Waals surface area contributed by atoms with E-state index in [9.17, 15) is 15.0 Å². The Hall–Kier alpha value is -1.39. The minimum atomic E-state index is -0.399. The Bertz CT molecular complexity index is 501. The Morgan fingerprint density at radius 2 is 2.00 bits per heavy atom. The molecule has 0 spiro atoms. The summed E-state index contributed by atoms with van der Waals surface area (Å²) in [5.41, 5.74) is 1.23. The molecule has 0 aromatic heterocycles. The molecule has 1 saturated carbocycles. The molecule has 0 radical (unpaired) electrons. The van der Waals surface area contributed by atoms with Crippen LogP contribution in [0.25, 0.3) is 0 Å². The van der Waals surface area contributed by atoms with Crippen LogP contribution in [0.15, 0.2) is 30.3 Å². The first-order chi connectivity index (χ1) is 10.6. The van der Waals surface area contributed by atoms with Crippen molar-refractivity contribution in [3.05, 3.63) is 35.9 Å². The second kappa shape index (κ2) is 6.80. The summed E-state index contributed by atoms with van der Waals surface area (Å²) in [6, 6.07) is 10.1. The zero-order chi connectivity index (χ0) is 15.5. The molecule has 4 heteroatoms. The fourth-order valence-electron chi connectivity index (χ4n) is 3.89. The fourth-order valence-corrected chi connectivity index (χ4v) is 3.89. The smallest absolute Gasteiger partial charge is 0.306 e. The SMILES string of the molecule is O=C1CC2C(CC(O)C2CC[C@@H](O)CCc2ccccc2)O1. The van der Waals surface area contributed by atoms with Gasteiger partial charge >= 0.3 is 5.97 Å². The number of aryl methyl sites for hydroxylation is 1. The number of ether oxygens (including phenoxy) is 1. The van der Waals surface area contributed by atoms with Gasteiger partial charge in [0, 0.05) is 12.3 Å². The van der Waals surface area contributed by atoms with Gasteiger partial charge in [-0.1, -0.05) is 30.3 Å². The number of benzene rings is 1. The molecule has 1 aromatic rings. The Kier molecular flexibility index (Phi) is 4.79. The van der Waals surface area contributed by atoms with E-state index in [1.807, 2.05) is 18.2 Å². The first kappa shape index (κ1) is 15.5. The summed E-state index contributed by atoms with van der Waals surface area (Å²) in [7, 11) is 0. The lowest BCUT2D eigenvalue weighted by molar-refractivity contribution is -0.141. The van der Waals surface area contributed by atoms with Crippen LogP contribution in [-0.4, -0.2) is 34.5 Å². The summed E-state index contributed by atoms with van der Waals surface area (Å²) in [4.78, 5) is 11.4. The zero-order valence-corrected chi connectivity index (χ0v) is 12.7. The first-order valence-electron chi connectivity index (χ1n) is 8.23. The van der Waals surface area contributed by atoms with E-state index in [2.05, 4.69) is 12.1 Å². The largest absolute Gasteiger partial charge is 0.462 e. The predicted molar refractivity (Wildman–Crippen MR) is 82.1 cm³/mol. The van der Waals surface area contributed by atoms with Crippen LogP contribution < -0.4 is 0 Å². The third-order valence-corrected chi connectivity index (χ3v) is 5.12. The van der Waals surface area contributed by atoms with E-state index in [1.165, 1.54) is 5.56 Å². The summed E-state index contributed by atoms with van der Waals surface area (Å²) >= 11 is 0. The van der Waals surface area contributed by atoms with Crippen LogP contribution in [0.3, 0.4) is 0 Å². The van der Waals surface area contributed by atoms with Gasteiger partial charge in [-0.15, -0.1) is 0 Å². The van der Waals surface area contributed by atoms with E-state index >= 15 is 0 Å². The number of esters is 1. The zero-order valence-electron chi connectivity index (χ0n) is 12.7. The first-order valence-corrected chi connectivity index (χ1v) is 8.23. The van der Waals surface area contributed by atoms with Gasteiger partial charge in [-0.3, -0.25) is 4.79 Å². The molecule has 2 aliphatic rings. The Labute approximate surface area is 131 Å². The van der Waals surface area contributed by atoms with Gasteiger partial charge in [-0.25, -0.2) is 0 Å². The fraction of sp³-hybridized carbons (Fsp3) is 0.611. The van der Waals surface area contributed by atoms with Gasteiger partial charge < -0.3 is 14.9 Å². The summed E-state index contributed by atoms with van der Waals surface area (Å²) in [5, 5.41) is 20.3. The van der Waals surface area contributed by atoms with Crippen molar-refractivity contribution in [2.24, 2.45) is 11.8 Å². The highest BCUT2D eigenvalue weighted by Gasteiger charge is 2.49. The van der Waals surface area contributed by atoms with Gasteiger partial charge in [0.15, 0.2) is 0 Å². The molecule has 22 heavy (non-hydrogen) atoms. The van der Waals surface area contributed by atoms with E-state index in [4.69, 9.17) is 4.74 Å². The quantitative estimate of drug-likeness (QED) is 0.790. The van der Waals surface area contributed by atoms with Crippen molar-refractivity contribution in [3.63, 3.8) is 0 Å². The molecular weight excluding hydrogens is 280 g/mol. The molecule has 2 fully saturated rings. The predicted octanol–water partition coefficient (Wildman–Crippen LogP) is 2.07. The van der Waals surface area contributed by atoms with Crippen molar-refractivity contribution < 1.29 is 19.7 Å². The van der Waals surface area contributed by atoms with Crippen molar-refractivity contribution in [2.75, 3.05) is 0 Å². The van der Waals surface area contributed by atoms with Gasteiger partial charge in [-0.2, -0.15) is 0 Å². The second-order valence-corrected chi connectivity index (χ2v) is 6.62. The minimum Gasteiger partial charge on any atom is -0.462 e. The van der Waals surface area contributed by atoms with Gasteiger partial charge in [0.2, 0.25) is 0 Å². The number of fused-ring (bicyclic) bond motifs is 1. The summed E-state index contributed by atoms with van der Waals surface area (Å²) in [6.07, 6.45) is 3.15.